The van der Waals surface area contributed by atoms with E-state index in [1.54, 1.807) is 0 Å². The van der Waals surface area contributed by atoms with Crippen LogP contribution in [0, 0.1) is 5.92 Å². The third kappa shape index (κ3) is 3.35. The third-order valence-corrected chi connectivity index (χ3v) is 3.33. The summed E-state index contributed by atoms with van der Waals surface area (Å²) in [4.78, 5) is 16.6. The lowest BCUT2D eigenvalue weighted by atomic mass is 10.1. The third-order valence-electron chi connectivity index (χ3n) is 3.33. The molecule has 5 nitrogen and oxygen atoms in total. The molecule has 0 fully saturated rings. The van der Waals surface area contributed by atoms with Crippen molar-refractivity contribution >= 4 is 5.91 Å². The number of amides is 1. The largest absolute Gasteiger partial charge is 0.355 e. The Morgan fingerprint density at radius 1 is 1.53 bits per heavy atom. The van der Waals surface area contributed by atoms with Crippen LogP contribution in [-0.4, -0.2) is 28.5 Å². The zero-order chi connectivity index (χ0) is 13.8. The van der Waals surface area contributed by atoms with Crippen molar-refractivity contribution in [1.29, 1.82) is 0 Å². The van der Waals surface area contributed by atoms with Gasteiger partial charge in [0.2, 0.25) is 5.91 Å². The highest BCUT2D eigenvalue weighted by molar-refractivity contribution is 5.75. The summed E-state index contributed by atoms with van der Waals surface area (Å²) in [6.45, 7) is 9.18. The Balaban J connectivity index is 2.26. The zero-order valence-electron chi connectivity index (χ0n) is 12.1. The lowest BCUT2D eigenvalue weighted by Gasteiger charge is -2.16. The first-order valence-corrected chi connectivity index (χ1v) is 7.16. The van der Waals surface area contributed by atoms with Gasteiger partial charge in [-0.2, -0.15) is 0 Å². The smallest absolute Gasteiger partial charge is 0.239 e. The van der Waals surface area contributed by atoms with Gasteiger partial charge in [0.15, 0.2) is 0 Å². The minimum absolute atomic E-state index is 0.0752. The highest BCUT2D eigenvalue weighted by Crippen LogP contribution is 2.18. The molecule has 2 N–H and O–H groups in total. The van der Waals surface area contributed by atoms with Gasteiger partial charge >= 0.3 is 0 Å². The summed E-state index contributed by atoms with van der Waals surface area (Å²) in [5, 5.41) is 6.20. The van der Waals surface area contributed by atoms with Crippen LogP contribution in [0.25, 0.3) is 0 Å². The molecule has 0 aromatic carbocycles. The molecule has 19 heavy (non-hydrogen) atoms. The zero-order valence-corrected chi connectivity index (χ0v) is 12.1. The maximum absolute atomic E-state index is 11.9. The highest BCUT2D eigenvalue weighted by Gasteiger charge is 2.21. The van der Waals surface area contributed by atoms with E-state index < -0.39 is 0 Å². The van der Waals surface area contributed by atoms with Crippen molar-refractivity contribution in [2.45, 2.75) is 46.7 Å². The van der Waals surface area contributed by atoms with Crippen LogP contribution < -0.4 is 10.6 Å². The van der Waals surface area contributed by atoms with Gasteiger partial charge in [0.05, 0.1) is 5.69 Å². The van der Waals surface area contributed by atoms with Gasteiger partial charge in [-0.05, 0) is 12.8 Å². The van der Waals surface area contributed by atoms with Crippen molar-refractivity contribution in [1.82, 2.24) is 20.2 Å². The number of imidazole rings is 1. The van der Waals surface area contributed by atoms with Crippen LogP contribution in [0.15, 0.2) is 0 Å². The number of hydrogen-bond donors (Lipinski definition) is 2. The standard InChI is InChI=1S/C14H24N4O/c1-4-16-14(19)9-18-12-5-6-15-8-11(12)17-13(18)7-10(2)3/h10,15H,4-9H2,1-3H3,(H,16,19). The predicted octanol–water partition coefficient (Wildman–Crippen LogP) is 0.863. The first-order chi connectivity index (χ1) is 9.11. The molecule has 2 rings (SSSR count). The Hall–Kier alpha value is -1.36. The fourth-order valence-corrected chi connectivity index (χ4v) is 2.53. The van der Waals surface area contributed by atoms with Crippen molar-refractivity contribution < 1.29 is 4.79 Å². The first kappa shape index (κ1) is 14.1. The van der Waals surface area contributed by atoms with Gasteiger partial charge in [0, 0.05) is 38.2 Å². The monoisotopic (exact) mass is 264 g/mol. The van der Waals surface area contributed by atoms with Gasteiger partial charge in [-0.1, -0.05) is 13.8 Å². The number of carbonyl (C=O) groups is 1. The molecule has 0 radical (unpaired) electrons. The molecule has 106 valence electrons. The Morgan fingerprint density at radius 3 is 3.00 bits per heavy atom. The molecule has 1 aromatic rings. The van der Waals surface area contributed by atoms with Gasteiger partial charge in [0.25, 0.3) is 0 Å². The Morgan fingerprint density at radius 2 is 2.32 bits per heavy atom. The number of likely N-dealkylation sites (N-methyl/N-ethyl adjacent to an activating group) is 1. The van der Waals surface area contributed by atoms with E-state index in [4.69, 9.17) is 4.98 Å². The maximum atomic E-state index is 11.9. The number of nitrogens with zero attached hydrogens (tertiary/aromatic N) is 2. The average Bonchev–Trinajstić information content (AvgIpc) is 2.67. The summed E-state index contributed by atoms with van der Waals surface area (Å²) in [7, 11) is 0. The molecular formula is C14H24N4O. The number of carbonyl (C=O) groups excluding carboxylic acids is 1. The van der Waals surface area contributed by atoms with Gasteiger partial charge in [-0.3, -0.25) is 4.79 Å². The molecule has 1 aromatic heterocycles. The van der Waals surface area contributed by atoms with E-state index in [0.717, 1.165) is 37.4 Å². The fraction of sp³-hybridized carbons (Fsp3) is 0.714. The number of fused-ring (bicyclic) bond motifs is 1. The van der Waals surface area contributed by atoms with Crippen LogP contribution in [0.3, 0.4) is 0 Å². The molecular weight excluding hydrogens is 240 g/mol. The molecule has 1 amide bonds. The minimum atomic E-state index is 0.0752. The van der Waals surface area contributed by atoms with E-state index in [-0.39, 0.29) is 5.91 Å². The van der Waals surface area contributed by atoms with Crippen molar-refractivity contribution in [3.63, 3.8) is 0 Å². The minimum Gasteiger partial charge on any atom is -0.355 e. The number of nitrogens with one attached hydrogen (secondary N) is 2. The predicted molar refractivity (Wildman–Crippen MR) is 74.9 cm³/mol. The first-order valence-electron chi connectivity index (χ1n) is 7.16. The van der Waals surface area contributed by atoms with Crippen LogP contribution in [0.4, 0.5) is 0 Å². The quantitative estimate of drug-likeness (QED) is 0.829. The van der Waals surface area contributed by atoms with E-state index in [2.05, 4.69) is 29.0 Å². The van der Waals surface area contributed by atoms with Gasteiger partial charge in [-0.15, -0.1) is 0 Å². The molecule has 1 aliphatic heterocycles. The second-order valence-corrected chi connectivity index (χ2v) is 5.49. The molecule has 0 atom stereocenters. The van der Waals surface area contributed by atoms with Crippen LogP contribution in [0.2, 0.25) is 0 Å². The Kier molecular flexibility index (Phi) is 4.58. The summed E-state index contributed by atoms with van der Waals surface area (Å²) < 4.78 is 2.13. The second-order valence-electron chi connectivity index (χ2n) is 5.49. The topological polar surface area (TPSA) is 59.0 Å². The summed E-state index contributed by atoms with van der Waals surface area (Å²) >= 11 is 0. The lowest BCUT2D eigenvalue weighted by Crippen LogP contribution is -2.30. The SMILES string of the molecule is CCNC(=O)Cn1c(CC(C)C)nc2c1CCNC2. The maximum Gasteiger partial charge on any atom is 0.239 e. The summed E-state index contributed by atoms with van der Waals surface area (Å²) in [5.41, 5.74) is 2.35. The number of aromatic nitrogens is 2. The van der Waals surface area contributed by atoms with E-state index >= 15 is 0 Å². The van der Waals surface area contributed by atoms with E-state index in [9.17, 15) is 4.79 Å². The molecule has 1 aliphatic rings. The van der Waals surface area contributed by atoms with Crippen molar-refractivity contribution in [2.75, 3.05) is 13.1 Å². The molecule has 0 bridgehead atoms. The van der Waals surface area contributed by atoms with Crippen LogP contribution in [-0.2, 0) is 30.7 Å². The van der Waals surface area contributed by atoms with E-state index in [0.29, 0.717) is 19.0 Å². The normalized spacial score (nSPS) is 14.5. The van der Waals surface area contributed by atoms with Crippen LogP contribution in [0.5, 0.6) is 0 Å². The summed E-state index contributed by atoms with van der Waals surface area (Å²) in [6, 6.07) is 0. The molecule has 2 heterocycles. The molecule has 0 unspecified atom stereocenters. The van der Waals surface area contributed by atoms with Gasteiger partial charge < -0.3 is 15.2 Å². The second kappa shape index (κ2) is 6.19. The number of hydrogen-bond acceptors (Lipinski definition) is 3. The molecule has 0 saturated heterocycles. The van der Waals surface area contributed by atoms with Gasteiger partial charge in [-0.25, -0.2) is 4.98 Å². The van der Waals surface area contributed by atoms with Crippen molar-refractivity contribution in [3.8, 4) is 0 Å². The van der Waals surface area contributed by atoms with Crippen LogP contribution >= 0.6 is 0 Å². The fourth-order valence-electron chi connectivity index (χ4n) is 2.53. The Labute approximate surface area is 114 Å². The van der Waals surface area contributed by atoms with Gasteiger partial charge in [0.1, 0.15) is 12.4 Å². The highest BCUT2D eigenvalue weighted by atomic mass is 16.1. The number of rotatable bonds is 5. The average molecular weight is 264 g/mol. The van der Waals surface area contributed by atoms with E-state index in [1.807, 2.05) is 6.92 Å². The van der Waals surface area contributed by atoms with E-state index in [1.165, 1.54) is 5.69 Å². The molecule has 0 aliphatic carbocycles. The summed E-state index contributed by atoms with van der Waals surface area (Å²) in [6.07, 6.45) is 1.88. The van der Waals surface area contributed by atoms with Crippen molar-refractivity contribution in [3.05, 3.63) is 17.2 Å². The van der Waals surface area contributed by atoms with Crippen LogP contribution in [0.1, 0.15) is 38.0 Å². The van der Waals surface area contributed by atoms with Crippen molar-refractivity contribution in [2.24, 2.45) is 5.92 Å². The molecule has 0 spiro atoms. The summed E-state index contributed by atoms with van der Waals surface area (Å²) in [5.74, 6) is 1.67. The Bertz CT molecular complexity index is 451. The molecule has 5 heteroatoms. The molecule has 0 saturated carbocycles. The lowest BCUT2D eigenvalue weighted by molar-refractivity contribution is -0.121.